The molecular formula is C12H24N2O2. The minimum Gasteiger partial charge on any atom is -0.384 e. The van der Waals surface area contributed by atoms with Gasteiger partial charge in [-0.05, 0) is 19.4 Å². The van der Waals surface area contributed by atoms with E-state index < -0.39 is 0 Å². The highest BCUT2D eigenvalue weighted by Crippen LogP contribution is 2.13. The van der Waals surface area contributed by atoms with Crippen molar-refractivity contribution < 1.29 is 9.53 Å². The van der Waals surface area contributed by atoms with Gasteiger partial charge in [0.2, 0.25) is 5.91 Å². The summed E-state index contributed by atoms with van der Waals surface area (Å²) in [5.41, 5.74) is 0. The summed E-state index contributed by atoms with van der Waals surface area (Å²) in [6, 6.07) is 0.381. The standard InChI is InChI=1S/C12H24N2O2/c1-4-7-14(11-5-6-13-8-11)12(15)10(2)9-16-3/h10-11,13H,4-9H2,1-3H3/t10-,11-/m0/s1. The Hall–Kier alpha value is -0.610. The minimum absolute atomic E-state index is 0.0304. The van der Waals surface area contributed by atoms with Gasteiger partial charge in [-0.25, -0.2) is 0 Å². The maximum absolute atomic E-state index is 12.2. The second-order valence-corrected chi connectivity index (χ2v) is 4.53. The molecule has 0 radical (unpaired) electrons. The lowest BCUT2D eigenvalue weighted by molar-refractivity contribution is -0.138. The normalized spacial score (nSPS) is 22.1. The Balaban J connectivity index is 2.56. The number of ether oxygens (including phenoxy) is 1. The molecule has 1 N–H and O–H groups in total. The number of hydrogen-bond acceptors (Lipinski definition) is 3. The van der Waals surface area contributed by atoms with E-state index in [0.717, 1.165) is 32.5 Å². The van der Waals surface area contributed by atoms with Gasteiger partial charge in [0.05, 0.1) is 12.5 Å². The van der Waals surface area contributed by atoms with Crippen LogP contribution in [0.2, 0.25) is 0 Å². The van der Waals surface area contributed by atoms with E-state index in [1.54, 1.807) is 7.11 Å². The average molecular weight is 228 g/mol. The van der Waals surface area contributed by atoms with Crippen LogP contribution in [0.3, 0.4) is 0 Å². The molecule has 0 bridgehead atoms. The first kappa shape index (κ1) is 13.5. The fourth-order valence-electron chi connectivity index (χ4n) is 2.22. The molecule has 0 spiro atoms. The second-order valence-electron chi connectivity index (χ2n) is 4.53. The first-order valence-electron chi connectivity index (χ1n) is 6.20. The third-order valence-corrected chi connectivity index (χ3v) is 3.06. The van der Waals surface area contributed by atoms with Crippen LogP contribution in [-0.4, -0.2) is 50.2 Å². The van der Waals surface area contributed by atoms with E-state index in [0.29, 0.717) is 12.6 Å². The fraction of sp³-hybridized carbons (Fsp3) is 0.917. The van der Waals surface area contributed by atoms with Crippen molar-refractivity contribution in [3.63, 3.8) is 0 Å². The van der Waals surface area contributed by atoms with E-state index in [1.165, 1.54) is 0 Å². The summed E-state index contributed by atoms with van der Waals surface area (Å²) >= 11 is 0. The summed E-state index contributed by atoms with van der Waals surface area (Å²) in [6.07, 6.45) is 2.09. The van der Waals surface area contributed by atoms with Crippen LogP contribution >= 0.6 is 0 Å². The Morgan fingerprint density at radius 2 is 2.38 bits per heavy atom. The summed E-state index contributed by atoms with van der Waals surface area (Å²) in [5, 5.41) is 3.31. The van der Waals surface area contributed by atoms with Crippen LogP contribution in [-0.2, 0) is 9.53 Å². The molecule has 94 valence electrons. The second kappa shape index (κ2) is 6.86. The summed E-state index contributed by atoms with van der Waals surface area (Å²) < 4.78 is 5.05. The van der Waals surface area contributed by atoms with Crippen LogP contribution < -0.4 is 5.32 Å². The quantitative estimate of drug-likeness (QED) is 0.733. The van der Waals surface area contributed by atoms with Gasteiger partial charge in [0, 0.05) is 26.2 Å². The zero-order valence-electron chi connectivity index (χ0n) is 10.7. The zero-order chi connectivity index (χ0) is 12.0. The molecule has 1 rings (SSSR count). The highest BCUT2D eigenvalue weighted by molar-refractivity contribution is 5.79. The van der Waals surface area contributed by atoms with Gasteiger partial charge in [-0.1, -0.05) is 13.8 Å². The van der Waals surface area contributed by atoms with Crippen molar-refractivity contribution in [3.05, 3.63) is 0 Å². The Morgan fingerprint density at radius 3 is 2.88 bits per heavy atom. The van der Waals surface area contributed by atoms with Crippen LogP contribution in [0, 0.1) is 5.92 Å². The van der Waals surface area contributed by atoms with Crippen LogP contribution in [0.25, 0.3) is 0 Å². The maximum atomic E-state index is 12.2. The SMILES string of the molecule is CCCN(C(=O)[C@@H](C)COC)[C@H]1CCNC1. The van der Waals surface area contributed by atoms with Gasteiger partial charge in [-0.3, -0.25) is 4.79 Å². The van der Waals surface area contributed by atoms with E-state index in [1.807, 2.05) is 11.8 Å². The van der Waals surface area contributed by atoms with Crippen molar-refractivity contribution in [1.82, 2.24) is 10.2 Å². The third kappa shape index (κ3) is 3.46. The number of nitrogens with zero attached hydrogens (tertiary/aromatic N) is 1. The van der Waals surface area contributed by atoms with Crippen molar-refractivity contribution in [2.24, 2.45) is 5.92 Å². The first-order chi connectivity index (χ1) is 7.70. The van der Waals surface area contributed by atoms with Crippen molar-refractivity contribution in [3.8, 4) is 0 Å². The Bertz CT molecular complexity index is 215. The van der Waals surface area contributed by atoms with Gasteiger partial charge >= 0.3 is 0 Å². The number of carbonyl (C=O) groups is 1. The van der Waals surface area contributed by atoms with Crippen LogP contribution in [0.4, 0.5) is 0 Å². The van der Waals surface area contributed by atoms with Gasteiger partial charge in [0.25, 0.3) is 0 Å². The molecule has 1 aliphatic rings. The summed E-state index contributed by atoms with van der Waals surface area (Å²) in [5.74, 6) is 0.203. The molecule has 4 heteroatoms. The van der Waals surface area contributed by atoms with Crippen molar-refractivity contribution in [1.29, 1.82) is 0 Å². The van der Waals surface area contributed by atoms with Gasteiger partial charge in [0.1, 0.15) is 0 Å². The van der Waals surface area contributed by atoms with Crippen molar-refractivity contribution >= 4 is 5.91 Å². The molecule has 0 aliphatic carbocycles. The fourth-order valence-corrected chi connectivity index (χ4v) is 2.22. The first-order valence-corrected chi connectivity index (χ1v) is 6.20. The van der Waals surface area contributed by atoms with Crippen LogP contribution in [0.1, 0.15) is 26.7 Å². The molecule has 16 heavy (non-hydrogen) atoms. The number of nitrogens with one attached hydrogen (secondary N) is 1. The van der Waals surface area contributed by atoms with E-state index in [9.17, 15) is 4.79 Å². The molecule has 0 saturated carbocycles. The van der Waals surface area contributed by atoms with E-state index in [-0.39, 0.29) is 11.8 Å². The predicted octanol–water partition coefficient (Wildman–Crippen LogP) is 0.869. The molecule has 4 nitrogen and oxygen atoms in total. The lowest BCUT2D eigenvalue weighted by Crippen LogP contribution is -2.45. The van der Waals surface area contributed by atoms with E-state index in [2.05, 4.69) is 12.2 Å². The van der Waals surface area contributed by atoms with Gasteiger partial charge in [-0.2, -0.15) is 0 Å². The molecule has 2 atom stereocenters. The van der Waals surface area contributed by atoms with Crippen molar-refractivity contribution in [2.45, 2.75) is 32.7 Å². The molecular weight excluding hydrogens is 204 g/mol. The number of amides is 1. The van der Waals surface area contributed by atoms with E-state index in [4.69, 9.17) is 4.74 Å². The summed E-state index contributed by atoms with van der Waals surface area (Å²) in [6.45, 7) is 7.39. The van der Waals surface area contributed by atoms with Gasteiger partial charge in [0.15, 0.2) is 0 Å². The highest BCUT2D eigenvalue weighted by Gasteiger charge is 2.28. The Morgan fingerprint density at radius 1 is 1.62 bits per heavy atom. The molecule has 1 aliphatic heterocycles. The average Bonchev–Trinajstić information content (AvgIpc) is 2.78. The minimum atomic E-state index is -0.0304. The van der Waals surface area contributed by atoms with Gasteiger partial charge < -0.3 is 15.0 Å². The molecule has 0 unspecified atom stereocenters. The van der Waals surface area contributed by atoms with Crippen LogP contribution in [0.15, 0.2) is 0 Å². The zero-order valence-corrected chi connectivity index (χ0v) is 10.7. The smallest absolute Gasteiger partial charge is 0.228 e. The molecule has 1 saturated heterocycles. The topological polar surface area (TPSA) is 41.6 Å². The lowest BCUT2D eigenvalue weighted by atomic mass is 10.1. The third-order valence-electron chi connectivity index (χ3n) is 3.06. The number of hydrogen-bond donors (Lipinski definition) is 1. The van der Waals surface area contributed by atoms with Crippen LogP contribution in [0.5, 0.6) is 0 Å². The molecule has 0 aromatic carbocycles. The summed E-state index contributed by atoms with van der Waals surface area (Å²) in [4.78, 5) is 14.3. The van der Waals surface area contributed by atoms with Crippen molar-refractivity contribution in [2.75, 3.05) is 33.4 Å². The number of methoxy groups -OCH3 is 1. The van der Waals surface area contributed by atoms with E-state index >= 15 is 0 Å². The highest BCUT2D eigenvalue weighted by atomic mass is 16.5. The predicted molar refractivity (Wildman–Crippen MR) is 64.3 cm³/mol. The maximum Gasteiger partial charge on any atom is 0.228 e. The number of rotatable bonds is 6. The Kier molecular flexibility index (Phi) is 5.77. The molecule has 0 aromatic rings. The molecule has 1 fully saturated rings. The molecule has 1 amide bonds. The molecule has 1 heterocycles. The monoisotopic (exact) mass is 228 g/mol. The number of carbonyl (C=O) groups excluding carboxylic acids is 1. The lowest BCUT2D eigenvalue weighted by Gasteiger charge is -2.30. The summed E-state index contributed by atoms with van der Waals surface area (Å²) in [7, 11) is 1.64. The largest absolute Gasteiger partial charge is 0.384 e. The van der Waals surface area contributed by atoms with Gasteiger partial charge in [-0.15, -0.1) is 0 Å². The molecule has 0 aromatic heterocycles. The Labute approximate surface area is 98.3 Å².